The lowest BCUT2D eigenvalue weighted by molar-refractivity contribution is 0.0955. The van der Waals surface area contributed by atoms with Crippen molar-refractivity contribution in [3.05, 3.63) is 62.7 Å². The zero-order valence-electron chi connectivity index (χ0n) is 11.0. The first-order chi connectivity index (χ1) is 9.75. The number of hydrogen-bond donors (Lipinski definition) is 1. The molecule has 5 heteroatoms. The number of nitrogens with one attached hydrogen (secondary N) is 1. The van der Waals surface area contributed by atoms with E-state index in [9.17, 15) is 4.79 Å². The van der Waals surface area contributed by atoms with Crippen LogP contribution in [0.5, 0.6) is 0 Å². The van der Waals surface area contributed by atoms with Crippen LogP contribution in [-0.2, 0) is 6.54 Å². The summed E-state index contributed by atoms with van der Waals surface area (Å²) < 4.78 is 1.96. The topological polar surface area (TPSA) is 34.0 Å². The fraction of sp³-hybridized carbons (Fsp3) is 0.133. The van der Waals surface area contributed by atoms with Gasteiger partial charge >= 0.3 is 0 Å². The van der Waals surface area contributed by atoms with Gasteiger partial charge in [-0.2, -0.15) is 0 Å². The second kappa shape index (κ2) is 5.64. The van der Waals surface area contributed by atoms with E-state index in [-0.39, 0.29) is 5.91 Å². The number of thiophene rings is 2. The monoisotopic (exact) mass is 302 g/mol. The van der Waals surface area contributed by atoms with E-state index in [1.165, 1.54) is 21.8 Å². The van der Waals surface area contributed by atoms with Gasteiger partial charge < -0.3 is 9.88 Å². The molecule has 3 aromatic heterocycles. The third-order valence-electron chi connectivity index (χ3n) is 3.11. The van der Waals surface area contributed by atoms with Gasteiger partial charge in [-0.3, -0.25) is 4.79 Å². The van der Waals surface area contributed by atoms with E-state index in [2.05, 4.69) is 18.3 Å². The Bertz CT molecular complexity index is 710. The molecular formula is C15H14N2OS2. The predicted molar refractivity (Wildman–Crippen MR) is 83.9 cm³/mol. The molecule has 0 saturated carbocycles. The lowest BCUT2D eigenvalue weighted by atomic mass is 10.3. The molecule has 3 nitrogen and oxygen atoms in total. The minimum absolute atomic E-state index is 0.0171. The average Bonchev–Trinajstić information content (AvgIpc) is 3.17. The van der Waals surface area contributed by atoms with Crippen molar-refractivity contribution in [2.45, 2.75) is 13.5 Å². The van der Waals surface area contributed by atoms with E-state index in [1.807, 2.05) is 45.9 Å². The normalized spacial score (nSPS) is 10.7. The number of rotatable bonds is 4. The van der Waals surface area contributed by atoms with Crippen molar-refractivity contribution in [3.8, 4) is 5.69 Å². The minimum atomic E-state index is -0.0171. The van der Waals surface area contributed by atoms with Crippen molar-refractivity contribution >= 4 is 28.6 Å². The smallest absolute Gasteiger partial charge is 0.263 e. The highest BCUT2D eigenvalue weighted by atomic mass is 32.1. The number of hydrogen-bond acceptors (Lipinski definition) is 3. The summed E-state index contributed by atoms with van der Waals surface area (Å²) in [5.41, 5.74) is 2.16. The summed E-state index contributed by atoms with van der Waals surface area (Å²) in [5.74, 6) is -0.0171. The van der Waals surface area contributed by atoms with E-state index in [0.29, 0.717) is 6.54 Å². The Hall–Kier alpha value is -1.85. The van der Waals surface area contributed by atoms with Gasteiger partial charge in [0.2, 0.25) is 0 Å². The molecule has 0 aliphatic heterocycles. The summed E-state index contributed by atoms with van der Waals surface area (Å²) in [6.07, 6.45) is 3.89. The standard InChI is InChI=1S/C15H14N2OS2/c1-11-4-8-19-13(11)10-16-15(18)14-12(5-9-20-14)17-6-2-3-7-17/h2-9H,10H2,1H3,(H,16,18). The van der Waals surface area contributed by atoms with Gasteiger partial charge in [0.15, 0.2) is 0 Å². The largest absolute Gasteiger partial charge is 0.346 e. The molecule has 0 aliphatic rings. The zero-order valence-corrected chi connectivity index (χ0v) is 12.6. The first-order valence-electron chi connectivity index (χ1n) is 6.27. The van der Waals surface area contributed by atoms with Gasteiger partial charge in [-0.1, -0.05) is 0 Å². The molecule has 0 spiro atoms. The maximum atomic E-state index is 12.3. The zero-order chi connectivity index (χ0) is 13.9. The van der Waals surface area contributed by atoms with Gasteiger partial charge in [0.05, 0.1) is 12.2 Å². The van der Waals surface area contributed by atoms with Crippen LogP contribution in [0.2, 0.25) is 0 Å². The third-order valence-corrected chi connectivity index (χ3v) is 5.04. The summed E-state index contributed by atoms with van der Waals surface area (Å²) in [7, 11) is 0. The number of carbonyl (C=O) groups excluding carboxylic acids is 1. The summed E-state index contributed by atoms with van der Waals surface area (Å²) >= 11 is 3.14. The molecule has 3 rings (SSSR count). The molecule has 3 aromatic rings. The fourth-order valence-corrected chi connectivity index (χ4v) is 3.65. The number of aryl methyl sites for hydroxylation is 1. The molecule has 1 amide bonds. The van der Waals surface area contributed by atoms with Gasteiger partial charge in [-0.05, 0) is 47.5 Å². The molecule has 3 heterocycles. The maximum absolute atomic E-state index is 12.3. The first-order valence-corrected chi connectivity index (χ1v) is 8.03. The third kappa shape index (κ3) is 2.55. The molecule has 1 N–H and O–H groups in total. The maximum Gasteiger partial charge on any atom is 0.263 e. The van der Waals surface area contributed by atoms with Gasteiger partial charge in [0.25, 0.3) is 5.91 Å². The van der Waals surface area contributed by atoms with E-state index in [1.54, 1.807) is 11.3 Å². The van der Waals surface area contributed by atoms with Crippen LogP contribution in [0, 0.1) is 6.92 Å². The average molecular weight is 302 g/mol. The SMILES string of the molecule is Cc1ccsc1CNC(=O)c1sccc1-n1cccc1. The molecule has 0 atom stereocenters. The van der Waals surface area contributed by atoms with Crippen LogP contribution < -0.4 is 5.32 Å². The van der Waals surface area contributed by atoms with Gasteiger partial charge in [0, 0.05) is 17.3 Å². The highest BCUT2D eigenvalue weighted by molar-refractivity contribution is 7.12. The number of carbonyl (C=O) groups is 1. The molecule has 20 heavy (non-hydrogen) atoms. The molecule has 0 bridgehead atoms. The number of nitrogens with zero attached hydrogens (tertiary/aromatic N) is 1. The summed E-state index contributed by atoms with van der Waals surface area (Å²) in [5, 5.41) is 6.99. The first kappa shape index (κ1) is 13.1. The van der Waals surface area contributed by atoms with Crippen LogP contribution in [0.1, 0.15) is 20.1 Å². The van der Waals surface area contributed by atoms with Crippen molar-refractivity contribution in [1.82, 2.24) is 9.88 Å². The molecule has 0 aromatic carbocycles. The van der Waals surface area contributed by atoms with Crippen LogP contribution in [0.3, 0.4) is 0 Å². The molecule has 0 saturated heterocycles. The van der Waals surface area contributed by atoms with E-state index >= 15 is 0 Å². The lowest BCUT2D eigenvalue weighted by Crippen LogP contribution is -2.22. The second-order valence-electron chi connectivity index (χ2n) is 4.43. The molecule has 0 radical (unpaired) electrons. The van der Waals surface area contributed by atoms with Gasteiger partial charge in [-0.15, -0.1) is 22.7 Å². The van der Waals surface area contributed by atoms with Crippen LogP contribution in [0.15, 0.2) is 47.4 Å². The molecule has 0 unspecified atom stereocenters. The van der Waals surface area contributed by atoms with E-state index in [0.717, 1.165) is 10.6 Å². The molecule has 0 aliphatic carbocycles. The summed E-state index contributed by atoms with van der Waals surface area (Å²) in [6, 6.07) is 7.95. The van der Waals surface area contributed by atoms with Crippen LogP contribution in [0.4, 0.5) is 0 Å². The highest BCUT2D eigenvalue weighted by Gasteiger charge is 2.14. The van der Waals surface area contributed by atoms with Crippen molar-refractivity contribution < 1.29 is 4.79 Å². The van der Waals surface area contributed by atoms with Crippen LogP contribution in [-0.4, -0.2) is 10.5 Å². The Morgan fingerprint density at radius 3 is 2.65 bits per heavy atom. The Labute approximate surface area is 125 Å². The Kier molecular flexibility index (Phi) is 3.71. The van der Waals surface area contributed by atoms with Crippen LogP contribution >= 0.6 is 22.7 Å². The van der Waals surface area contributed by atoms with Crippen molar-refractivity contribution in [1.29, 1.82) is 0 Å². The molecular weight excluding hydrogens is 288 g/mol. The summed E-state index contributed by atoms with van der Waals surface area (Å²) in [4.78, 5) is 14.3. The lowest BCUT2D eigenvalue weighted by Gasteiger charge is -2.06. The number of amides is 1. The fourth-order valence-electron chi connectivity index (χ4n) is 2.00. The van der Waals surface area contributed by atoms with E-state index < -0.39 is 0 Å². The quantitative estimate of drug-likeness (QED) is 0.780. The molecule has 102 valence electrons. The van der Waals surface area contributed by atoms with E-state index in [4.69, 9.17) is 0 Å². The minimum Gasteiger partial charge on any atom is -0.346 e. The Morgan fingerprint density at radius 1 is 1.20 bits per heavy atom. The van der Waals surface area contributed by atoms with Crippen LogP contribution in [0.25, 0.3) is 5.69 Å². The summed E-state index contributed by atoms with van der Waals surface area (Å²) in [6.45, 7) is 2.65. The van der Waals surface area contributed by atoms with Crippen molar-refractivity contribution in [2.24, 2.45) is 0 Å². The van der Waals surface area contributed by atoms with Crippen molar-refractivity contribution in [2.75, 3.05) is 0 Å². The Morgan fingerprint density at radius 2 is 1.95 bits per heavy atom. The predicted octanol–water partition coefficient (Wildman–Crippen LogP) is 3.84. The second-order valence-corrected chi connectivity index (χ2v) is 6.35. The highest BCUT2D eigenvalue weighted by Crippen LogP contribution is 2.22. The number of aromatic nitrogens is 1. The molecule has 0 fully saturated rings. The van der Waals surface area contributed by atoms with Gasteiger partial charge in [0.1, 0.15) is 4.88 Å². The van der Waals surface area contributed by atoms with Gasteiger partial charge in [-0.25, -0.2) is 0 Å². The van der Waals surface area contributed by atoms with Crippen molar-refractivity contribution in [3.63, 3.8) is 0 Å². The Balaban J connectivity index is 1.75.